The summed E-state index contributed by atoms with van der Waals surface area (Å²) in [6.07, 6.45) is -0.775. The lowest BCUT2D eigenvalue weighted by Gasteiger charge is -2.33. The summed E-state index contributed by atoms with van der Waals surface area (Å²) < 4.78 is 17.2. The van der Waals surface area contributed by atoms with Crippen LogP contribution in [0.3, 0.4) is 0 Å². The topological polar surface area (TPSA) is 82.1 Å². The molecule has 2 fully saturated rings. The maximum atomic E-state index is 14.3. The van der Waals surface area contributed by atoms with Crippen LogP contribution in [0.15, 0.2) is 60.7 Å². The third-order valence-corrected chi connectivity index (χ3v) is 6.35. The minimum Gasteiger partial charge on any atom is -0.465 e. The Morgan fingerprint density at radius 3 is 2.26 bits per heavy atom. The molecule has 0 aromatic heterocycles. The van der Waals surface area contributed by atoms with Crippen molar-refractivity contribution in [1.29, 1.82) is 0 Å². The summed E-state index contributed by atoms with van der Waals surface area (Å²) in [6.45, 7) is 7.39. The zero-order valence-electron chi connectivity index (χ0n) is 20.0. The van der Waals surface area contributed by atoms with Gasteiger partial charge in [0.2, 0.25) is 5.91 Å². The molecule has 2 heterocycles. The molecule has 180 valence electrons. The number of ether oxygens (including phenoxy) is 3. The number of benzene rings is 2. The van der Waals surface area contributed by atoms with E-state index in [1.807, 2.05) is 36.4 Å². The summed E-state index contributed by atoms with van der Waals surface area (Å²) in [4.78, 5) is 42.6. The predicted molar refractivity (Wildman–Crippen MR) is 124 cm³/mol. The minimum absolute atomic E-state index is 0.114. The van der Waals surface area contributed by atoms with Crippen molar-refractivity contribution in [2.45, 2.75) is 57.4 Å². The van der Waals surface area contributed by atoms with Crippen LogP contribution in [0.5, 0.6) is 0 Å². The fourth-order valence-corrected chi connectivity index (χ4v) is 5.11. The van der Waals surface area contributed by atoms with Crippen molar-refractivity contribution >= 4 is 17.8 Å². The third kappa shape index (κ3) is 4.09. The van der Waals surface area contributed by atoms with Crippen LogP contribution in [-0.4, -0.2) is 47.6 Å². The van der Waals surface area contributed by atoms with Crippen molar-refractivity contribution in [1.82, 2.24) is 4.90 Å². The standard InChI is InChI=1S/C27H31NO6/c1-5-32-25(31)27(19-14-10-7-11-15-19)20(16-22(29)34-26(2,3)4)21-17-33-23(28(21)24(27)30)18-12-8-6-9-13-18/h6-15,20-21,23H,5,16-17H2,1-4H3/t20-,21-,23-,27-/m1/s1. The van der Waals surface area contributed by atoms with E-state index in [0.29, 0.717) is 5.56 Å². The molecule has 2 aromatic rings. The number of esters is 2. The lowest BCUT2D eigenvalue weighted by atomic mass is 9.68. The van der Waals surface area contributed by atoms with Gasteiger partial charge >= 0.3 is 11.9 Å². The predicted octanol–water partition coefficient (Wildman–Crippen LogP) is 3.78. The quantitative estimate of drug-likeness (QED) is 0.477. The van der Waals surface area contributed by atoms with Crippen molar-refractivity contribution in [2.24, 2.45) is 5.92 Å². The number of hydrogen-bond acceptors (Lipinski definition) is 6. The van der Waals surface area contributed by atoms with E-state index in [1.165, 1.54) is 0 Å². The molecule has 1 amide bonds. The van der Waals surface area contributed by atoms with Crippen LogP contribution in [-0.2, 0) is 34.0 Å². The summed E-state index contributed by atoms with van der Waals surface area (Å²) >= 11 is 0. The molecule has 0 unspecified atom stereocenters. The molecule has 4 atom stereocenters. The van der Waals surface area contributed by atoms with E-state index in [9.17, 15) is 14.4 Å². The summed E-state index contributed by atoms with van der Waals surface area (Å²) in [5, 5.41) is 0. The van der Waals surface area contributed by atoms with Gasteiger partial charge in [0.25, 0.3) is 0 Å². The molecule has 0 radical (unpaired) electrons. The van der Waals surface area contributed by atoms with Gasteiger partial charge in [0.1, 0.15) is 5.60 Å². The van der Waals surface area contributed by atoms with Gasteiger partial charge in [0.15, 0.2) is 11.6 Å². The molecular formula is C27H31NO6. The second-order valence-corrected chi connectivity index (χ2v) is 9.67. The van der Waals surface area contributed by atoms with Gasteiger partial charge < -0.3 is 19.1 Å². The van der Waals surface area contributed by atoms with Gasteiger partial charge in [-0.3, -0.25) is 14.4 Å². The number of nitrogens with zero attached hydrogens (tertiary/aromatic N) is 1. The van der Waals surface area contributed by atoms with E-state index in [0.717, 1.165) is 5.56 Å². The normalized spacial score (nSPS) is 26.3. The Morgan fingerprint density at radius 1 is 1.06 bits per heavy atom. The number of fused-ring (bicyclic) bond motifs is 1. The average Bonchev–Trinajstić information content (AvgIpc) is 3.32. The fourth-order valence-electron chi connectivity index (χ4n) is 5.11. The first-order chi connectivity index (χ1) is 16.2. The molecule has 0 spiro atoms. The highest BCUT2D eigenvalue weighted by Crippen LogP contribution is 2.52. The van der Waals surface area contributed by atoms with Gasteiger partial charge in [0.05, 0.1) is 25.7 Å². The first-order valence-corrected chi connectivity index (χ1v) is 11.6. The van der Waals surface area contributed by atoms with Crippen LogP contribution in [0.4, 0.5) is 0 Å². The number of carbonyl (C=O) groups excluding carboxylic acids is 3. The van der Waals surface area contributed by atoms with Crippen LogP contribution >= 0.6 is 0 Å². The minimum atomic E-state index is -1.67. The van der Waals surface area contributed by atoms with E-state index in [2.05, 4.69) is 0 Å². The van der Waals surface area contributed by atoms with Crippen LogP contribution in [0, 0.1) is 5.92 Å². The van der Waals surface area contributed by atoms with Gasteiger partial charge in [-0.15, -0.1) is 0 Å². The van der Waals surface area contributed by atoms with Crippen LogP contribution in [0.25, 0.3) is 0 Å². The Bertz CT molecular complexity index is 1050. The molecule has 0 saturated carbocycles. The summed E-state index contributed by atoms with van der Waals surface area (Å²) in [7, 11) is 0. The van der Waals surface area contributed by atoms with Crippen molar-refractivity contribution < 1.29 is 28.6 Å². The Morgan fingerprint density at radius 2 is 1.68 bits per heavy atom. The second kappa shape index (κ2) is 9.22. The van der Waals surface area contributed by atoms with Crippen LogP contribution in [0.2, 0.25) is 0 Å². The van der Waals surface area contributed by atoms with Gasteiger partial charge in [-0.1, -0.05) is 60.7 Å². The largest absolute Gasteiger partial charge is 0.465 e. The Hall–Kier alpha value is -3.19. The van der Waals surface area contributed by atoms with E-state index < -0.39 is 47.0 Å². The zero-order chi connectivity index (χ0) is 24.5. The van der Waals surface area contributed by atoms with E-state index in [-0.39, 0.29) is 19.6 Å². The zero-order valence-corrected chi connectivity index (χ0v) is 20.0. The molecule has 0 N–H and O–H groups in total. The highest BCUT2D eigenvalue weighted by molar-refractivity contribution is 6.11. The van der Waals surface area contributed by atoms with E-state index in [4.69, 9.17) is 14.2 Å². The summed E-state index contributed by atoms with van der Waals surface area (Å²) in [5.74, 6) is -2.26. The second-order valence-electron chi connectivity index (χ2n) is 9.67. The Labute approximate surface area is 200 Å². The molecule has 0 aliphatic carbocycles. The molecule has 2 aromatic carbocycles. The molecule has 2 saturated heterocycles. The number of rotatable bonds is 6. The smallest absolute Gasteiger partial charge is 0.326 e. The maximum Gasteiger partial charge on any atom is 0.326 e. The summed E-state index contributed by atoms with van der Waals surface area (Å²) in [6, 6.07) is 17.8. The van der Waals surface area contributed by atoms with Gasteiger partial charge in [-0.2, -0.15) is 0 Å². The molecule has 4 rings (SSSR count). The fraction of sp³-hybridized carbons (Fsp3) is 0.444. The summed E-state index contributed by atoms with van der Waals surface area (Å²) in [5.41, 5.74) is -1.05. The molecule has 34 heavy (non-hydrogen) atoms. The SMILES string of the molecule is CCOC(=O)[C@@]1(c2ccccc2)C(=O)N2[C@@H](c3ccccc3)OC[C@@H]2[C@H]1CC(=O)OC(C)(C)C. The Balaban J connectivity index is 1.85. The molecule has 0 bridgehead atoms. The lowest BCUT2D eigenvalue weighted by Crippen LogP contribution is -2.50. The maximum absolute atomic E-state index is 14.3. The van der Waals surface area contributed by atoms with Crippen LogP contribution < -0.4 is 0 Å². The third-order valence-electron chi connectivity index (χ3n) is 6.35. The first kappa shape index (κ1) is 24.0. The van der Waals surface area contributed by atoms with Crippen molar-refractivity contribution in [3.05, 3.63) is 71.8 Å². The monoisotopic (exact) mass is 465 g/mol. The molecule has 2 aliphatic rings. The van der Waals surface area contributed by atoms with E-state index >= 15 is 0 Å². The van der Waals surface area contributed by atoms with Gasteiger partial charge in [-0.05, 0) is 33.3 Å². The number of amides is 1. The molecule has 7 heteroatoms. The van der Waals surface area contributed by atoms with E-state index in [1.54, 1.807) is 56.9 Å². The highest BCUT2D eigenvalue weighted by atomic mass is 16.6. The molecular weight excluding hydrogens is 434 g/mol. The highest BCUT2D eigenvalue weighted by Gasteiger charge is 2.68. The molecule has 7 nitrogen and oxygen atoms in total. The van der Waals surface area contributed by atoms with Crippen molar-refractivity contribution in [3.63, 3.8) is 0 Å². The Kier molecular flexibility index (Phi) is 6.49. The average molecular weight is 466 g/mol. The lowest BCUT2D eigenvalue weighted by molar-refractivity contribution is -0.161. The number of hydrogen-bond donors (Lipinski definition) is 0. The van der Waals surface area contributed by atoms with Crippen molar-refractivity contribution in [2.75, 3.05) is 13.2 Å². The molecule has 2 aliphatic heterocycles. The van der Waals surface area contributed by atoms with Gasteiger partial charge in [0, 0.05) is 11.5 Å². The first-order valence-electron chi connectivity index (χ1n) is 11.6. The van der Waals surface area contributed by atoms with Crippen molar-refractivity contribution in [3.8, 4) is 0 Å². The number of carbonyl (C=O) groups is 3. The van der Waals surface area contributed by atoms with Gasteiger partial charge in [-0.25, -0.2) is 0 Å². The van der Waals surface area contributed by atoms with Crippen LogP contribution in [0.1, 0.15) is 51.5 Å².